The van der Waals surface area contributed by atoms with Gasteiger partial charge in [-0.25, -0.2) is 0 Å². The first-order chi connectivity index (χ1) is 10.1. The number of hydrogen-bond donors (Lipinski definition) is 1. The van der Waals surface area contributed by atoms with E-state index in [2.05, 4.69) is 20.9 Å². The van der Waals surface area contributed by atoms with Gasteiger partial charge in [-0.15, -0.1) is 0 Å². The molecular formula is C15H15BrN2O3. The molecule has 0 unspecified atom stereocenters. The summed E-state index contributed by atoms with van der Waals surface area (Å²) in [5.74, 6) is 0.317. The van der Waals surface area contributed by atoms with Gasteiger partial charge in [0.1, 0.15) is 12.4 Å². The molecule has 1 aromatic heterocycles. The first-order valence-corrected chi connectivity index (χ1v) is 7.16. The Morgan fingerprint density at radius 1 is 1.29 bits per heavy atom. The van der Waals surface area contributed by atoms with Crippen molar-refractivity contribution in [1.82, 2.24) is 4.98 Å². The summed E-state index contributed by atoms with van der Waals surface area (Å²) >= 11 is 3.31. The van der Waals surface area contributed by atoms with Gasteiger partial charge < -0.3 is 15.2 Å². The number of rotatable bonds is 6. The highest BCUT2D eigenvalue weighted by Gasteiger charge is 2.05. The minimum absolute atomic E-state index is 0.177. The van der Waals surface area contributed by atoms with E-state index in [4.69, 9.17) is 15.2 Å². The molecule has 6 heteroatoms. The van der Waals surface area contributed by atoms with Crippen molar-refractivity contribution in [3.05, 3.63) is 52.8 Å². The van der Waals surface area contributed by atoms with Gasteiger partial charge in [-0.2, -0.15) is 0 Å². The van der Waals surface area contributed by atoms with E-state index in [0.717, 1.165) is 10.0 Å². The molecule has 0 spiro atoms. The Morgan fingerprint density at radius 2 is 2.14 bits per heavy atom. The monoisotopic (exact) mass is 350 g/mol. The Kier molecular flexibility index (Phi) is 5.57. The minimum atomic E-state index is -0.320. The van der Waals surface area contributed by atoms with Crippen molar-refractivity contribution < 1.29 is 14.3 Å². The van der Waals surface area contributed by atoms with Crippen molar-refractivity contribution in [2.24, 2.45) is 0 Å². The van der Waals surface area contributed by atoms with E-state index in [1.165, 1.54) is 0 Å². The molecule has 110 valence electrons. The predicted molar refractivity (Wildman–Crippen MR) is 82.7 cm³/mol. The van der Waals surface area contributed by atoms with Crippen LogP contribution in [0.2, 0.25) is 0 Å². The number of carbonyl (C=O) groups excluding carboxylic acids is 1. The Morgan fingerprint density at radius 3 is 2.90 bits per heavy atom. The molecule has 0 atom stereocenters. The summed E-state index contributed by atoms with van der Waals surface area (Å²) < 4.78 is 11.4. The number of carbonyl (C=O) groups is 1. The number of ether oxygens (including phenoxy) is 2. The zero-order valence-electron chi connectivity index (χ0n) is 11.3. The Balaban J connectivity index is 1.70. The maximum Gasteiger partial charge on any atom is 0.309 e. The summed E-state index contributed by atoms with van der Waals surface area (Å²) in [6, 6.07) is 8.91. The number of benzene rings is 1. The maximum atomic E-state index is 11.6. The van der Waals surface area contributed by atoms with Gasteiger partial charge in [0.05, 0.1) is 13.0 Å². The molecule has 0 aliphatic heterocycles. The van der Waals surface area contributed by atoms with E-state index in [1.54, 1.807) is 36.7 Å². The van der Waals surface area contributed by atoms with Gasteiger partial charge in [-0.05, 0) is 34.1 Å². The Labute approximate surface area is 131 Å². The zero-order chi connectivity index (χ0) is 15.1. The van der Waals surface area contributed by atoms with Gasteiger partial charge in [0, 0.05) is 34.2 Å². The molecule has 2 aromatic rings. The predicted octanol–water partition coefficient (Wildman–Crippen LogP) is 2.94. The molecule has 0 saturated carbocycles. The number of nitrogen functional groups attached to an aromatic ring is 1. The van der Waals surface area contributed by atoms with Crippen LogP contribution in [0, 0.1) is 0 Å². The largest absolute Gasteiger partial charge is 0.493 e. The van der Waals surface area contributed by atoms with Crippen molar-refractivity contribution >= 4 is 27.6 Å². The van der Waals surface area contributed by atoms with Crippen LogP contribution >= 0.6 is 15.9 Å². The normalized spacial score (nSPS) is 10.1. The number of anilines is 1. The molecule has 0 bridgehead atoms. The molecule has 1 heterocycles. The third-order valence-corrected chi connectivity index (χ3v) is 3.03. The average Bonchev–Trinajstić information content (AvgIpc) is 2.45. The van der Waals surface area contributed by atoms with Gasteiger partial charge in [0.25, 0.3) is 0 Å². The molecule has 0 radical (unpaired) electrons. The summed E-state index contributed by atoms with van der Waals surface area (Å²) in [6.07, 6.45) is 3.50. The molecule has 2 rings (SSSR count). The fraction of sp³-hybridized carbons (Fsp3) is 0.200. The number of nitrogens with two attached hydrogens (primary N) is 1. The van der Waals surface area contributed by atoms with E-state index < -0.39 is 0 Å². The van der Waals surface area contributed by atoms with Crippen molar-refractivity contribution in [2.45, 2.75) is 13.0 Å². The standard InChI is InChI=1S/C15H15BrN2O3/c16-12-6-11(8-18-9-12)10-21-15(19)4-5-20-14-3-1-2-13(17)7-14/h1-3,6-9H,4-5,10,17H2. The van der Waals surface area contributed by atoms with Gasteiger partial charge in [0.15, 0.2) is 0 Å². The van der Waals surface area contributed by atoms with Crippen LogP contribution in [-0.4, -0.2) is 17.6 Å². The van der Waals surface area contributed by atoms with Crippen molar-refractivity contribution in [3.8, 4) is 5.75 Å². The highest BCUT2D eigenvalue weighted by atomic mass is 79.9. The van der Waals surface area contributed by atoms with Crippen LogP contribution in [0.3, 0.4) is 0 Å². The van der Waals surface area contributed by atoms with Crippen LogP contribution in [-0.2, 0) is 16.1 Å². The number of halogens is 1. The van der Waals surface area contributed by atoms with Gasteiger partial charge >= 0.3 is 5.97 Å². The fourth-order valence-electron chi connectivity index (χ4n) is 1.63. The number of aromatic nitrogens is 1. The lowest BCUT2D eigenvalue weighted by Crippen LogP contribution is -2.10. The third kappa shape index (κ3) is 5.43. The van der Waals surface area contributed by atoms with Crippen LogP contribution in [0.5, 0.6) is 5.75 Å². The van der Waals surface area contributed by atoms with Crippen LogP contribution in [0.15, 0.2) is 47.2 Å². The van der Waals surface area contributed by atoms with Gasteiger partial charge in [-0.1, -0.05) is 6.07 Å². The zero-order valence-corrected chi connectivity index (χ0v) is 12.9. The lowest BCUT2D eigenvalue weighted by Gasteiger charge is -2.07. The van der Waals surface area contributed by atoms with E-state index >= 15 is 0 Å². The highest BCUT2D eigenvalue weighted by molar-refractivity contribution is 9.10. The molecular weight excluding hydrogens is 336 g/mol. The molecule has 5 nitrogen and oxygen atoms in total. The second kappa shape index (κ2) is 7.64. The number of pyridine rings is 1. The van der Waals surface area contributed by atoms with Crippen LogP contribution < -0.4 is 10.5 Å². The quantitative estimate of drug-likeness (QED) is 0.640. The first kappa shape index (κ1) is 15.3. The van der Waals surface area contributed by atoms with Crippen molar-refractivity contribution in [2.75, 3.05) is 12.3 Å². The maximum absolute atomic E-state index is 11.6. The molecule has 0 aliphatic rings. The molecule has 0 amide bonds. The van der Waals surface area contributed by atoms with Gasteiger partial charge in [-0.3, -0.25) is 9.78 Å². The molecule has 2 N–H and O–H groups in total. The topological polar surface area (TPSA) is 74.4 Å². The second-order valence-electron chi connectivity index (χ2n) is 4.34. The van der Waals surface area contributed by atoms with Crippen molar-refractivity contribution in [3.63, 3.8) is 0 Å². The smallest absolute Gasteiger partial charge is 0.309 e. The lowest BCUT2D eigenvalue weighted by molar-refractivity contribution is -0.145. The molecule has 0 saturated heterocycles. The van der Waals surface area contributed by atoms with Crippen LogP contribution in [0.1, 0.15) is 12.0 Å². The number of esters is 1. The second-order valence-corrected chi connectivity index (χ2v) is 5.26. The fourth-order valence-corrected chi connectivity index (χ4v) is 2.04. The first-order valence-electron chi connectivity index (χ1n) is 6.37. The highest BCUT2D eigenvalue weighted by Crippen LogP contribution is 2.14. The van der Waals surface area contributed by atoms with Crippen LogP contribution in [0.4, 0.5) is 5.69 Å². The lowest BCUT2D eigenvalue weighted by atomic mass is 10.3. The average molecular weight is 351 g/mol. The third-order valence-electron chi connectivity index (χ3n) is 2.59. The Hall–Kier alpha value is -2.08. The van der Waals surface area contributed by atoms with Gasteiger partial charge in [0.2, 0.25) is 0 Å². The molecule has 0 aliphatic carbocycles. The number of nitrogens with zero attached hydrogens (tertiary/aromatic N) is 1. The van der Waals surface area contributed by atoms with E-state index in [-0.39, 0.29) is 25.6 Å². The summed E-state index contributed by atoms with van der Waals surface area (Å²) in [5, 5.41) is 0. The van der Waals surface area contributed by atoms with E-state index in [1.807, 2.05) is 6.07 Å². The molecule has 21 heavy (non-hydrogen) atoms. The summed E-state index contributed by atoms with van der Waals surface area (Å²) in [5.41, 5.74) is 7.08. The number of hydrogen-bond acceptors (Lipinski definition) is 5. The summed E-state index contributed by atoms with van der Waals surface area (Å²) in [6.45, 7) is 0.447. The Bertz CT molecular complexity index is 619. The van der Waals surface area contributed by atoms with Crippen LogP contribution in [0.25, 0.3) is 0 Å². The van der Waals surface area contributed by atoms with Crippen molar-refractivity contribution in [1.29, 1.82) is 0 Å². The summed E-state index contributed by atoms with van der Waals surface area (Å²) in [7, 11) is 0. The SMILES string of the molecule is Nc1cccc(OCCC(=O)OCc2cncc(Br)c2)c1. The van der Waals surface area contributed by atoms with E-state index in [9.17, 15) is 4.79 Å². The molecule has 1 aromatic carbocycles. The molecule has 0 fully saturated rings. The minimum Gasteiger partial charge on any atom is -0.493 e. The summed E-state index contributed by atoms with van der Waals surface area (Å²) in [4.78, 5) is 15.6. The van der Waals surface area contributed by atoms with E-state index in [0.29, 0.717) is 11.4 Å².